The Labute approximate surface area is 100 Å². The van der Waals surface area contributed by atoms with E-state index in [0.717, 1.165) is 5.69 Å². The molecule has 88 valence electrons. The first-order chi connectivity index (χ1) is 7.61. The lowest BCUT2D eigenvalue weighted by atomic mass is 10.2. The Hall–Kier alpha value is -1.00. The van der Waals surface area contributed by atoms with Gasteiger partial charge in [-0.15, -0.1) is 11.8 Å². The molecule has 1 amide bonds. The Balaban J connectivity index is 2.43. The van der Waals surface area contributed by atoms with Gasteiger partial charge in [0, 0.05) is 17.0 Å². The minimum atomic E-state index is -0.426. The van der Waals surface area contributed by atoms with Crippen LogP contribution >= 0.6 is 11.8 Å². The molecule has 0 saturated heterocycles. The molecule has 16 heavy (non-hydrogen) atoms. The minimum absolute atomic E-state index is 0.0576. The number of anilines is 1. The van der Waals surface area contributed by atoms with Crippen LogP contribution in [-0.4, -0.2) is 23.4 Å². The van der Waals surface area contributed by atoms with Gasteiger partial charge in [-0.1, -0.05) is 0 Å². The van der Waals surface area contributed by atoms with Crippen molar-refractivity contribution in [2.75, 3.05) is 11.6 Å². The van der Waals surface area contributed by atoms with Crippen molar-refractivity contribution in [2.24, 2.45) is 0 Å². The van der Waals surface area contributed by atoms with Crippen molar-refractivity contribution in [2.45, 2.75) is 30.8 Å². The molecular weight excluding hydrogens is 222 g/mol. The number of aliphatic hydroxyl groups is 1. The first-order valence-electron chi connectivity index (χ1n) is 5.24. The lowest BCUT2D eigenvalue weighted by molar-refractivity contribution is -0.116. The highest BCUT2D eigenvalue weighted by molar-refractivity contribution is 7.98. The number of aliphatic hydroxyl groups excluding tert-OH is 1. The molecule has 1 aromatic rings. The Bertz CT molecular complexity index is 335. The van der Waals surface area contributed by atoms with Crippen molar-refractivity contribution in [3.8, 4) is 0 Å². The molecule has 3 nitrogen and oxygen atoms in total. The minimum Gasteiger partial charge on any atom is -0.393 e. The highest BCUT2D eigenvalue weighted by Gasteiger charge is 2.04. The van der Waals surface area contributed by atoms with E-state index in [9.17, 15) is 4.79 Å². The second-order valence-electron chi connectivity index (χ2n) is 3.66. The van der Waals surface area contributed by atoms with Crippen molar-refractivity contribution in [1.29, 1.82) is 0 Å². The third-order valence-electron chi connectivity index (χ3n) is 2.16. The fourth-order valence-corrected chi connectivity index (χ4v) is 1.65. The molecule has 2 N–H and O–H groups in total. The highest BCUT2D eigenvalue weighted by Crippen LogP contribution is 2.17. The van der Waals surface area contributed by atoms with Gasteiger partial charge in [-0.05, 0) is 43.9 Å². The fourth-order valence-electron chi connectivity index (χ4n) is 1.24. The highest BCUT2D eigenvalue weighted by atomic mass is 32.2. The van der Waals surface area contributed by atoms with Crippen LogP contribution in [0.5, 0.6) is 0 Å². The van der Waals surface area contributed by atoms with E-state index in [1.54, 1.807) is 18.7 Å². The van der Waals surface area contributed by atoms with Gasteiger partial charge in [0.2, 0.25) is 5.91 Å². The summed E-state index contributed by atoms with van der Waals surface area (Å²) in [7, 11) is 0. The molecule has 0 aliphatic carbocycles. The van der Waals surface area contributed by atoms with E-state index in [1.807, 2.05) is 30.5 Å². The molecule has 0 aliphatic rings. The van der Waals surface area contributed by atoms with Gasteiger partial charge in [0.25, 0.3) is 0 Å². The molecule has 0 saturated carbocycles. The normalized spacial score (nSPS) is 12.2. The predicted molar refractivity (Wildman–Crippen MR) is 67.8 cm³/mol. The summed E-state index contributed by atoms with van der Waals surface area (Å²) in [6, 6.07) is 7.70. The van der Waals surface area contributed by atoms with E-state index >= 15 is 0 Å². The summed E-state index contributed by atoms with van der Waals surface area (Å²) in [6.07, 6.45) is 2.43. The molecule has 0 aliphatic heterocycles. The first-order valence-corrected chi connectivity index (χ1v) is 6.46. The molecule has 1 rings (SSSR count). The van der Waals surface area contributed by atoms with Gasteiger partial charge < -0.3 is 10.4 Å². The van der Waals surface area contributed by atoms with Crippen LogP contribution in [0.4, 0.5) is 5.69 Å². The first kappa shape index (κ1) is 13.1. The number of thioether (sulfide) groups is 1. The van der Waals surface area contributed by atoms with Crippen LogP contribution in [0.25, 0.3) is 0 Å². The number of hydrogen-bond donors (Lipinski definition) is 2. The van der Waals surface area contributed by atoms with Crippen LogP contribution in [0.1, 0.15) is 19.8 Å². The topological polar surface area (TPSA) is 49.3 Å². The molecule has 1 atom stereocenters. The van der Waals surface area contributed by atoms with Crippen molar-refractivity contribution in [3.05, 3.63) is 24.3 Å². The molecular formula is C12H17NO2S. The summed E-state index contributed by atoms with van der Waals surface area (Å²) >= 11 is 1.66. The van der Waals surface area contributed by atoms with E-state index in [-0.39, 0.29) is 5.91 Å². The van der Waals surface area contributed by atoms with Gasteiger partial charge in [0.05, 0.1) is 6.10 Å². The van der Waals surface area contributed by atoms with Crippen LogP contribution in [0.3, 0.4) is 0 Å². The van der Waals surface area contributed by atoms with E-state index in [1.165, 1.54) is 4.90 Å². The van der Waals surface area contributed by atoms with Crippen molar-refractivity contribution in [1.82, 2.24) is 0 Å². The zero-order chi connectivity index (χ0) is 12.0. The van der Waals surface area contributed by atoms with Gasteiger partial charge in [0.1, 0.15) is 0 Å². The molecule has 4 heteroatoms. The van der Waals surface area contributed by atoms with E-state index in [4.69, 9.17) is 5.11 Å². The SMILES string of the molecule is CSc1ccc(NC(=O)CCC(C)O)cc1. The van der Waals surface area contributed by atoms with Crippen LogP contribution in [0.2, 0.25) is 0 Å². The van der Waals surface area contributed by atoms with Gasteiger partial charge >= 0.3 is 0 Å². The zero-order valence-electron chi connectivity index (χ0n) is 9.56. The average molecular weight is 239 g/mol. The Morgan fingerprint density at radius 1 is 1.44 bits per heavy atom. The predicted octanol–water partition coefficient (Wildman–Crippen LogP) is 2.51. The molecule has 0 heterocycles. The molecule has 0 bridgehead atoms. The quantitative estimate of drug-likeness (QED) is 0.776. The molecule has 0 aromatic heterocycles. The summed E-state index contributed by atoms with van der Waals surface area (Å²) in [5.41, 5.74) is 0.799. The van der Waals surface area contributed by atoms with Gasteiger partial charge in [0.15, 0.2) is 0 Å². The van der Waals surface area contributed by atoms with Crippen LogP contribution < -0.4 is 5.32 Å². The summed E-state index contributed by atoms with van der Waals surface area (Å²) in [6.45, 7) is 1.68. The lowest BCUT2D eigenvalue weighted by Crippen LogP contribution is -2.13. The lowest BCUT2D eigenvalue weighted by Gasteiger charge is -2.06. The number of nitrogens with one attached hydrogen (secondary N) is 1. The maximum Gasteiger partial charge on any atom is 0.224 e. The van der Waals surface area contributed by atoms with Crippen molar-refractivity contribution < 1.29 is 9.90 Å². The number of carbonyl (C=O) groups excluding carboxylic acids is 1. The van der Waals surface area contributed by atoms with E-state index in [0.29, 0.717) is 12.8 Å². The van der Waals surface area contributed by atoms with E-state index in [2.05, 4.69) is 5.32 Å². The number of amides is 1. The Morgan fingerprint density at radius 2 is 2.06 bits per heavy atom. The van der Waals surface area contributed by atoms with Gasteiger partial charge in [-0.25, -0.2) is 0 Å². The smallest absolute Gasteiger partial charge is 0.224 e. The standard InChI is InChI=1S/C12H17NO2S/c1-9(14)3-8-12(15)13-10-4-6-11(16-2)7-5-10/h4-7,9,14H,3,8H2,1-2H3,(H,13,15). The van der Waals surface area contributed by atoms with Crippen LogP contribution in [0, 0.1) is 0 Å². The summed E-state index contributed by atoms with van der Waals surface area (Å²) in [4.78, 5) is 12.6. The molecule has 0 fully saturated rings. The number of carbonyl (C=O) groups is 1. The van der Waals surface area contributed by atoms with Crippen molar-refractivity contribution >= 4 is 23.4 Å². The second-order valence-corrected chi connectivity index (χ2v) is 4.54. The molecule has 0 spiro atoms. The van der Waals surface area contributed by atoms with E-state index < -0.39 is 6.10 Å². The monoisotopic (exact) mass is 239 g/mol. The number of benzene rings is 1. The largest absolute Gasteiger partial charge is 0.393 e. The maximum absolute atomic E-state index is 11.4. The van der Waals surface area contributed by atoms with Gasteiger partial charge in [-0.3, -0.25) is 4.79 Å². The van der Waals surface area contributed by atoms with Gasteiger partial charge in [-0.2, -0.15) is 0 Å². The van der Waals surface area contributed by atoms with Crippen LogP contribution in [-0.2, 0) is 4.79 Å². The molecule has 0 radical (unpaired) electrons. The maximum atomic E-state index is 11.4. The summed E-state index contributed by atoms with van der Waals surface area (Å²) in [5, 5.41) is 11.8. The molecule has 1 aromatic carbocycles. The second kappa shape index (κ2) is 6.55. The third-order valence-corrected chi connectivity index (χ3v) is 2.91. The fraction of sp³-hybridized carbons (Fsp3) is 0.417. The van der Waals surface area contributed by atoms with Crippen molar-refractivity contribution in [3.63, 3.8) is 0 Å². The number of hydrogen-bond acceptors (Lipinski definition) is 3. The zero-order valence-corrected chi connectivity index (χ0v) is 10.4. The van der Waals surface area contributed by atoms with Crippen LogP contribution in [0.15, 0.2) is 29.2 Å². The Morgan fingerprint density at radius 3 is 2.56 bits per heavy atom. The molecule has 1 unspecified atom stereocenters. The number of rotatable bonds is 5. The Kier molecular flexibility index (Phi) is 5.35. The summed E-state index contributed by atoms with van der Waals surface area (Å²) < 4.78 is 0. The summed E-state index contributed by atoms with van der Waals surface area (Å²) in [5.74, 6) is -0.0576. The average Bonchev–Trinajstić information content (AvgIpc) is 2.27. The third kappa shape index (κ3) is 4.68.